The number of morpholine rings is 1. The van der Waals surface area contributed by atoms with E-state index in [9.17, 15) is 26.3 Å². The lowest BCUT2D eigenvalue weighted by atomic mass is 9.84. The van der Waals surface area contributed by atoms with Gasteiger partial charge in [0.1, 0.15) is 11.5 Å². The van der Waals surface area contributed by atoms with Gasteiger partial charge in [-0.25, -0.2) is 9.59 Å². The summed E-state index contributed by atoms with van der Waals surface area (Å²) in [5.74, 6) is -1.95. The summed E-state index contributed by atoms with van der Waals surface area (Å²) in [5, 5.41) is 14.2. The van der Waals surface area contributed by atoms with E-state index in [-0.39, 0.29) is 0 Å². The summed E-state index contributed by atoms with van der Waals surface area (Å²) >= 11 is 0. The standard InChI is InChI=1S/C19H30N2O3.2C2HF3O2/c1-14-9-17(24-15(14)2)11-21-4-3-18-16(10-21)13-23-19(18)12-20-5-7-22-8-6-20;2*3-2(4,5)1(6)7/h9,16,18-19H,3-8,10-13H2,1-2H3;2*(H,6,7)/t16-,18-,19+;;/m0../s1. The summed E-state index contributed by atoms with van der Waals surface area (Å²) in [6.07, 6.45) is -8.50. The fraction of sp³-hybridized carbons (Fsp3) is 0.739. The maximum Gasteiger partial charge on any atom is 0.490 e. The largest absolute Gasteiger partial charge is 0.490 e. The Morgan fingerprint density at radius 3 is 2.00 bits per heavy atom. The van der Waals surface area contributed by atoms with Crippen molar-refractivity contribution < 1.29 is 60.0 Å². The average Bonchev–Trinajstić information content (AvgIpc) is 3.35. The molecule has 0 amide bonds. The number of carboxylic acid groups (broad SMARTS) is 2. The molecule has 0 unspecified atom stereocenters. The van der Waals surface area contributed by atoms with Crippen LogP contribution in [0.3, 0.4) is 0 Å². The Balaban J connectivity index is 0.000000301. The molecule has 0 aromatic carbocycles. The first-order chi connectivity index (χ1) is 17.6. The van der Waals surface area contributed by atoms with Gasteiger partial charge in [-0.2, -0.15) is 26.3 Å². The first kappa shape index (κ1) is 31.9. The molecule has 9 nitrogen and oxygen atoms in total. The number of hydrogen-bond donors (Lipinski definition) is 2. The van der Waals surface area contributed by atoms with Gasteiger partial charge in [-0.05, 0) is 44.4 Å². The van der Waals surface area contributed by atoms with Crippen LogP contribution in [-0.4, -0.2) is 103 Å². The molecule has 3 aliphatic heterocycles. The number of likely N-dealkylation sites (tertiary alicyclic amines) is 1. The summed E-state index contributed by atoms with van der Waals surface area (Å²) in [5.41, 5.74) is 1.26. The lowest BCUT2D eigenvalue weighted by Gasteiger charge is -2.36. The molecule has 0 aliphatic carbocycles. The Hall–Kier alpha value is -2.36. The van der Waals surface area contributed by atoms with Crippen LogP contribution in [0.2, 0.25) is 0 Å². The maximum absolute atomic E-state index is 10.6. The van der Waals surface area contributed by atoms with Gasteiger partial charge >= 0.3 is 24.3 Å². The number of alkyl halides is 6. The molecule has 15 heteroatoms. The summed E-state index contributed by atoms with van der Waals surface area (Å²) < 4.78 is 81.0. The molecule has 2 N–H and O–H groups in total. The van der Waals surface area contributed by atoms with E-state index in [1.807, 2.05) is 6.92 Å². The fourth-order valence-electron chi connectivity index (χ4n) is 4.48. The number of piperidine rings is 1. The first-order valence-corrected chi connectivity index (χ1v) is 11.9. The molecule has 0 spiro atoms. The normalized spacial score (nSPS) is 24.5. The third kappa shape index (κ3) is 10.1. The fourth-order valence-corrected chi connectivity index (χ4v) is 4.48. The number of aryl methyl sites for hydroxylation is 2. The van der Waals surface area contributed by atoms with E-state index < -0.39 is 24.3 Å². The van der Waals surface area contributed by atoms with Gasteiger partial charge < -0.3 is 24.1 Å². The topological polar surface area (TPSA) is 113 Å². The van der Waals surface area contributed by atoms with Crippen molar-refractivity contribution in [3.8, 4) is 0 Å². The molecular formula is C23H32F6N2O7. The van der Waals surface area contributed by atoms with Gasteiger partial charge in [0.25, 0.3) is 0 Å². The molecule has 3 atom stereocenters. The third-order valence-corrected chi connectivity index (χ3v) is 6.50. The highest BCUT2D eigenvalue weighted by molar-refractivity contribution is 5.73. The van der Waals surface area contributed by atoms with Gasteiger partial charge in [0, 0.05) is 32.1 Å². The van der Waals surface area contributed by atoms with Crippen LogP contribution in [-0.2, 0) is 25.6 Å². The number of nitrogens with zero attached hydrogens (tertiary/aromatic N) is 2. The van der Waals surface area contributed by atoms with Crippen LogP contribution in [0.4, 0.5) is 26.3 Å². The Morgan fingerprint density at radius 1 is 0.974 bits per heavy atom. The van der Waals surface area contributed by atoms with Gasteiger partial charge in [0.05, 0.1) is 32.5 Å². The van der Waals surface area contributed by atoms with E-state index in [4.69, 9.17) is 33.7 Å². The summed E-state index contributed by atoms with van der Waals surface area (Å²) in [6.45, 7) is 13.3. The van der Waals surface area contributed by atoms with Crippen molar-refractivity contribution in [3.05, 3.63) is 23.2 Å². The monoisotopic (exact) mass is 562 g/mol. The second-order valence-electron chi connectivity index (χ2n) is 9.29. The zero-order valence-electron chi connectivity index (χ0n) is 21.0. The minimum absolute atomic E-state index is 0.420. The van der Waals surface area contributed by atoms with Gasteiger partial charge in [0.2, 0.25) is 0 Å². The zero-order valence-corrected chi connectivity index (χ0v) is 21.0. The van der Waals surface area contributed by atoms with Gasteiger partial charge in [-0.15, -0.1) is 0 Å². The van der Waals surface area contributed by atoms with Crippen molar-refractivity contribution in [2.24, 2.45) is 11.8 Å². The number of carbonyl (C=O) groups is 2. The van der Waals surface area contributed by atoms with Crippen molar-refractivity contribution in [3.63, 3.8) is 0 Å². The van der Waals surface area contributed by atoms with Crippen LogP contribution in [0.15, 0.2) is 10.5 Å². The van der Waals surface area contributed by atoms with E-state index in [0.29, 0.717) is 12.0 Å². The molecule has 3 saturated heterocycles. The maximum atomic E-state index is 10.6. The smallest absolute Gasteiger partial charge is 0.475 e. The number of ether oxygens (including phenoxy) is 2. The third-order valence-electron chi connectivity index (χ3n) is 6.50. The van der Waals surface area contributed by atoms with E-state index in [1.54, 1.807) is 0 Å². The van der Waals surface area contributed by atoms with Crippen molar-refractivity contribution in [2.45, 2.75) is 45.3 Å². The quantitative estimate of drug-likeness (QED) is 0.534. The predicted octanol–water partition coefficient (Wildman–Crippen LogP) is 3.33. The van der Waals surface area contributed by atoms with E-state index >= 15 is 0 Å². The second-order valence-corrected chi connectivity index (χ2v) is 9.29. The molecule has 3 fully saturated rings. The number of aliphatic carboxylic acids is 2. The molecule has 1 aromatic heterocycles. The van der Waals surface area contributed by atoms with Crippen LogP contribution in [0.1, 0.15) is 23.5 Å². The van der Waals surface area contributed by atoms with Crippen molar-refractivity contribution >= 4 is 11.9 Å². The Kier molecular flexibility index (Phi) is 11.4. The molecule has 0 saturated carbocycles. The molecule has 0 bridgehead atoms. The van der Waals surface area contributed by atoms with Crippen LogP contribution >= 0.6 is 0 Å². The molecule has 3 aliphatic rings. The molecule has 218 valence electrons. The first-order valence-electron chi connectivity index (χ1n) is 11.9. The summed E-state index contributed by atoms with van der Waals surface area (Å²) in [7, 11) is 0. The van der Waals surface area contributed by atoms with Crippen molar-refractivity contribution in [2.75, 3.05) is 52.5 Å². The van der Waals surface area contributed by atoms with Gasteiger partial charge in [-0.3, -0.25) is 9.80 Å². The van der Waals surface area contributed by atoms with Crippen molar-refractivity contribution in [1.82, 2.24) is 9.80 Å². The number of rotatable bonds is 4. The lowest BCUT2D eigenvalue weighted by molar-refractivity contribution is -0.193. The summed E-state index contributed by atoms with van der Waals surface area (Å²) in [4.78, 5) is 22.8. The number of halogens is 6. The minimum Gasteiger partial charge on any atom is -0.475 e. The van der Waals surface area contributed by atoms with Crippen LogP contribution in [0.5, 0.6) is 0 Å². The second kappa shape index (κ2) is 13.6. The molecule has 38 heavy (non-hydrogen) atoms. The number of fused-ring (bicyclic) bond motifs is 1. The number of hydrogen-bond acceptors (Lipinski definition) is 7. The Bertz CT molecular complexity index is 872. The van der Waals surface area contributed by atoms with Crippen LogP contribution in [0.25, 0.3) is 0 Å². The molecule has 1 aromatic rings. The molecule has 0 radical (unpaired) electrons. The summed E-state index contributed by atoms with van der Waals surface area (Å²) in [6, 6.07) is 2.19. The molecule has 4 rings (SSSR count). The highest BCUT2D eigenvalue weighted by Crippen LogP contribution is 2.35. The van der Waals surface area contributed by atoms with Crippen LogP contribution < -0.4 is 0 Å². The van der Waals surface area contributed by atoms with E-state index in [0.717, 1.165) is 76.5 Å². The SMILES string of the molecule is Cc1cc(CN2CC[C@H]3[C@H](CO[C@@H]3CN3CCOCC3)C2)oc1C.O=C(O)C(F)(F)F.O=C(O)C(F)(F)F. The predicted molar refractivity (Wildman–Crippen MR) is 119 cm³/mol. The number of carboxylic acids is 2. The zero-order chi connectivity index (χ0) is 28.7. The Labute approximate surface area is 215 Å². The van der Waals surface area contributed by atoms with Gasteiger partial charge in [-0.1, -0.05) is 0 Å². The highest BCUT2D eigenvalue weighted by Gasteiger charge is 2.41. The average molecular weight is 563 g/mol. The number of furan rings is 1. The minimum atomic E-state index is -5.08. The van der Waals surface area contributed by atoms with Gasteiger partial charge in [0.15, 0.2) is 0 Å². The lowest BCUT2D eigenvalue weighted by Crippen LogP contribution is -2.45. The Morgan fingerprint density at radius 2 is 1.53 bits per heavy atom. The van der Waals surface area contributed by atoms with Crippen LogP contribution in [0, 0.1) is 25.7 Å². The van der Waals surface area contributed by atoms with Crippen molar-refractivity contribution in [1.29, 1.82) is 0 Å². The molecule has 4 heterocycles. The van der Waals surface area contributed by atoms with E-state index in [1.165, 1.54) is 12.0 Å². The molecular weight excluding hydrogens is 530 g/mol. The van der Waals surface area contributed by atoms with E-state index in [2.05, 4.69) is 22.8 Å². The highest BCUT2D eigenvalue weighted by atomic mass is 19.4.